The summed E-state index contributed by atoms with van der Waals surface area (Å²) in [5, 5.41) is 11.9. The molecule has 0 aliphatic carbocycles. The zero-order valence-electron chi connectivity index (χ0n) is 21.9. The number of anilines is 2. The molecule has 39 heavy (non-hydrogen) atoms. The van der Waals surface area contributed by atoms with E-state index in [1.165, 1.54) is 27.8 Å². The van der Waals surface area contributed by atoms with Crippen molar-refractivity contribution in [2.75, 3.05) is 23.3 Å². The van der Waals surface area contributed by atoms with Gasteiger partial charge in [0, 0.05) is 5.56 Å². The fraction of sp³-hybridized carbons (Fsp3) is 0.250. The van der Waals surface area contributed by atoms with E-state index in [1.807, 2.05) is 57.2 Å². The maximum Gasteiger partial charge on any atom is 0.269 e. The van der Waals surface area contributed by atoms with Gasteiger partial charge < -0.3 is 9.47 Å². The Bertz CT molecular complexity index is 1600. The molecule has 2 heterocycles. The van der Waals surface area contributed by atoms with Gasteiger partial charge in [0.25, 0.3) is 15.9 Å². The number of nitrogens with zero attached hydrogens (tertiary/aromatic N) is 3. The first-order valence-corrected chi connectivity index (χ1v) is 14.5. The minimum absolute atomic E-state index is 0.131. The highest BCUT2D eigenvalue weighted by Gasteiger charge is 2.38. The fourth-order valence-electron chi connectivity index (χ4n) is 4.11. The van der Waals surface area contributed by atoms with E-state index >= 15 is 0 Å². The number of benzene rings is 3. The molecule has 0 bridgehead atoms. The second-order valence-corrected chi connectivity index (χ2v) is 12.9. The largest absolute Gasteiger partial charge is 0.497 e. The molecule has 11 heteroatoms. The number of aromatic nitrogens is 2. The lowest BCUT2D eigenvalue weighted by Gasteiger charge is -2.35. The van der Waals surface area contributed by atoms with Crippen molar-refractivity contribution in [3.05, 3.63) is 78.4 Å². The van der Waals surface area contributed by atoms with Crippen LogP contribution in [0.2, 0.25) is 0 Å². The lowest BCUT2D eigenvalue weighted by atomic mass is 9.86. The van der Waals surface area contributed by atoms with Gasteiger partial charge in [-0.05, 0) is 59.5 Å². The molecule has 1 N–H and O–H groups in total. The summed E-state index contributed by atoms with van der Waals surface area (Å²) in [5.74, 6) is 0.507. The summed E-state index contributed by atoms with van der Waals surface area (Å²) in [5.41, 5.74) is 1.95. The zero-order valence-corrected chi connectivity index (χ0v) is 23.5. The maximum atomic E-state index is 13.8. The number of ether oxygens (including phenoxy) is 2. The van der Waals surface area contributed by atoms with Crippen molar-refractivity contribution in [1.82, 2.24) is 10.2 Å². The van der Waals surface area contributed by atoms with Crippen molar-refractivity contribution in [2.45, 2.75) is 37.2 Å². The standard InChI is InChI=1S/C28H28N4O5S2/c1-28(2,3)19-12-15-23-22(16-19)32(39(34,35)21-8-6-5-7-9-21)17-24(37-23)25(33)29-27-31-30-26(38-27)18-10-13-20(36-4)14-11-18/h5-16,24H,17H2,1-4H3,(H,29,31,33)/t24-/m1/s1. The Balaban J connectivity index is 1.43. The van der Waals surface area contributed by atoms with Gasteiger partial charge in [-0.15, -0.1) is 10.2 Å². The Hall–Kier alpha value is -3.96. The number of carbonyl (C=O) groups excluding carboxylic acids is 1. The molecule has 0 saturated carbocycles. The normalized spacial score (nSPS) is 15.3. The molecule has 0 saturated heterocycles. The minimum atomic E-state index is -3.98. The number of methoxy groups -OCH3 is 1. The second-order valence-electron chi connectivity index (χ2n) is 10.0. The van der Waals surface area contributed by atoms with E-state index in [-0.39, 0.29) is 22.0 Å². The Labute approximate surface area is 231 Å². The van der Waals surface area contributed by atoms with E-state index in [9.17, 15) is 13.2 Å². The van der Waals surface area contributed by atoms with Crippen LogP contribution in [0.1, 0.15) is 26.3 Å². The molecule has 3 aromatic carbocycles. The van der Waals surface area contributed by atoms with Crippen LogP contribution in [0.5, 0.6) is 11.5 Å². The number of sulfonamides is 1. The van der Waals surface area contributed by atoms with Gasteiger partial charge in [-0.25, -0.2) is 8.42 Å². The van der Waals surface area contributed by atoms with E-state index in [2.05, 4.69) is 15.5 Å². The quantitative estimate of drug-likeness (QED) is 0.347. The van der Waals surface area contributed by atoms with Crippen LogP contribution in [0.25, 0.3) is 10.6 Å². The van der Waals surface area contributed by atoms with Crippen LogP contribution < -0.4 is 19.1 Å². The van der Waals surface area contributed by atoms with Gasteiger partial charge in [0.2, 0.25) is 5.13 Å². The molecule has 1 aliphatic heterocycles. The van der Waals surface area contributed by atoms with E-state index in [4.69, 9.17) is 9.47 Å². The van der Waals surface area contributed by atoms with Gasteiger partial charge in [0.1, 0.15) is 16.5 Å². The van der Waals surface area contributed by atoms with Crippen LogP contribution in [-0.4, -0.2) is 44.3 Å². The molecule has 1 atom stereocenters. The molecule has 1 aliphatic rings. The molecule has 0 unspecified atom stereocenters. The van der Waals surface area contributed by atoms with E-state index < -0.39 is 22.0 Å². The molecular formula is C28H28N4O5S2. The predicted molar refractivity (Wildman–Crippen MR) is 151 cm³/mol. The van der Waals surface area contributed by atoms with Gasteiger partial charge in [-0.3, -0.25) is 14.4 Å². The third-order valence-corrected chi connectivity index (χ3v) is 8.99. The Kier molecular flexibility index (Phi) is 7.04. The number of amides is 1. The number of nitrogens with one attached hydrogen (secondary N) is 1. The second kappa shape index (κ2) is 10.3. The fourth-order valence-corrected chi connectivity index (χ4v) is 6.35. The number of fused-ring (bicyclic) bond motifs is 1. The van der Waals surface area contributed by atoms with Crippen molar-refractivity contribution in [1.29, 1.82) is 0 Å². The third-order valence-electron chi connectivity index (χ3n) is 6.31. The number of hydrogen-bond acceptors (Lipinski definition) is 8. The van der Waals surface area contributed by atoms with E-state index in [1.54, 1.807) is 31.4 Å². The van der Waals surface area contributed by atoms with Crippen LogP contribution in [0, 0.1) is 0 Å². The highest BCUT2D eigenvalue weighted by atomic mass is 32.2. The molecule has 0 fully saturated rings. The van der Waals surface area contributed by atoms with Crippen LogP contribution in [0.3, 0.4) is 0 Å². The van der Waals surface area contributed by atoms with Gasteiger partial charge in [0.15, 0.2) is 6.10 Å². The number of carbonyl (C=O) groups is 1. The van der Waals surface area contributed by atoms with Gasteiger partial charge in [-0.2, -0.15) is 0 Å². The number of rotatable bonds is 6. The molecule has 0 spiro atoms. The van der Waals surface area contributed by atoms with Crippen molar-refractivity contribution in [3.63, 3.8) is 0 Å². The van der Waals surface area contributed by atoms with Crippen LogP contribution >= 0.6 is 11.3 Å². The summed E-state index contributed by atoms with van der Waals surface area (Å²) in [6.07, 6.45) is -1.11. The average molecular weight is 565 g/mol. The molecule has 5 rings (SSSR count). The lowest BCUT2D eigenvalue weighted by Crippen LogP contribution is -2.49. The van der Waals surface area contributed by atoms with Gasteiger partial charge >= 0.3 is 0 Å². The van der Waals surface area contributed by atoms with Gasteiger partial charge in [-0.1, -0.05) is 56.4 Å². The molecular weight excluding hydrogens is 536 g/mol. The van der Waals surface area contributed by atoms with Crippen LogP contribution in [-0.2, 0) is 20.2 Å². The summed E-state index contributed by atoms with van der Waals surface area (Å²) < 4.78 is 40.0. The first kappa shape index (κ1) is 26.6. The first-order valence-electron chi connectivity index (χ1n) is 12.2. The third kappa shape index (κ3) is 5.45. The minimum Gasteiger partial charge on any atom is -0.497 e. The smallest absolute Gasteiger partial charge is 0.269 e. The molecule has 0 radical (unpaired) electrons. The predicted octanol–water partition coefficient (Wildman–Crippen LogP) is 5.11. The molecule has 9 nitrogen and oxygen atoms in total. The summed E-state index contributed by atoms with van der Waals surface area (Å²) >= 11 is 1.20. The molecule has 202 valence electrons. The topological polar surface area (TPSA) is 111 Å². The summed E-state index contributed by atoms with van der Waals surface area (Å²) in [7, 11) is -2.38. The Morgan fingerprint density at radius 3 is 2.44 bits per heavy atom. The molecule has 4 aromatic rings. The average Bonchev–Trinajstić information content (AvgIpc) is 3.40. The lowest BCUT2D eigenvalue weighted by molar-refractivity contribution is -0.122. The summed E-state index contributed by atoms with van der Waals surface area (Å²) in [4.78, 5) is 13.4. The van der Waals surface area contributed by atoms with Crippen molar-refractivity contribution in [3.8, 4) is 22.1 Å². The summed E-state index contributed by atoms with van der Waals surface area (Å²) in [6.45, 7) is 5.95. The molecule has 1 aromatic heterocycles. The number of hydrogen-bond donors (Lipinski definition) is 1. The van der Waals surface area contributed by atoms with Crippen LogP contribution in [0.15, 0.2) is 77.7 Å². The van der Waals surface area contributed by atoms with Crippen molar-refractivity contribution in [2.24, 2.45) is 0 Å². The SMILES string of the molecule is COc1ccc(-c2nnc(NC(=O)[C@H]3CN(S(=O)(=O)c4ccccc4)c4cc(C(C)(C)C)ccc4O3)s2)cc1. The monoisotopic (exact) mass is 564 g/mol. The van der Waals surface area contributed by atoms with Crippen molar-refractivity contribution >= 4 is 38.1 Å². The van der Waals surface area contributed by atoms with Crippen LogP contribution in [0.4, 0.5) is 10.8 Å². The summed E-state index contributed by atoms with van der Waals surface area (Å²) in [6, 6.07) is 20.9. The maximum absolute atomic E-state index is 13.8. The zero-order chi connectivity index (χ0) is 27.8. The highest BCUT2D eigenvalue weighted by Crippen LogP contribution is 2.40. The Morgan fingerprint density at radius 2 is 1.77 bits per heavy atom. The first-order chi connectivity index (χ1) is 18.6. The Morgan fingerprint density at radius 1 is 1.05 bits per heavy atom. The van der Waals surface area contributed by atoms with Gasteiger partial charge in [0.05, 0.1) is 24.2 Å². The van der Waals surface area contributed by atoms with Crippen molar-refractivity contribution < 1.29 is 22.7 Å². The molecule has 1 amide bonds. The van der Waals surface area contributed by atoms with E-state index in [0.717, 1.165) is 16.9 Å². The highest BCUT2D eigenvalue weighted by molar-refractivity contribution is 7.92. The van der Waals surface area contributed by atoms with E-state index in [0.29, 0.717) is 16.4 Å².